The van der Waals surface area contributed by atoms with E-state index in [1.54, 1.807) is 7.11 Å². The van der Waals surface area contributed by atoms with Crippen molar-refractivity contribution in [1.29, 1.82) is 0 Å². The quantitative estimate of drug-likeness (QED) is 0.532. The van der Waals surface area contributed by atoms with Crippen molar-refractivity contribution in [2.45, 2.75) is 78.2 Å². The molecule has 0 amide bonds. The normalized spacial score (nSPS) is 41.0. The molecule has 0 N–H and O–H groups in total. The number of fused-ring (bicyclic) bond motifs is 1. The van der Waals surface area contributed by atoms with E-state index in [0.717, 1.165) is 25.0 Å². The molecule has 0 heterocycles. The lowest BCUT2D eigenvalue weighted by Gasteiger charge is -2.62. The fraction of sp³-hybridized carbons (Fsp3) is 0.947. The van der Waals surface area contributed by atoms with Crippen molar-refractivity contribution in [2.24, 2.45) is 22.7 Å². The number of methoxy groups -OCH3 is 1. The van der Waals surface area contributed by atoms with E-state index in [4.69, 9.17) is 9.47 Å². The van der Waals surface area contributed by atoms with Crippen LogP contribution < -0.4 is 0 Å². The van der Waals surface area contributed by atoms with Gasteiger partial charge < -0.3 is 14.3 Å². The van der Waals surface area contributed by atoms with Gasteiger partial charge >= 0.3 is 0 Å². The average Bonchev–Trinajstić information content (AvgIpc) is 2.43. The van der Waals surface area contributed by atoms with Gasteiger partial charge in [0.15, 0.2) is 0 Å². The summed E-state index contributed by atoms with van der Waals surface area (Å²) in [5, 5.41) is 0. The molecule has 0 spiro atoms. The largest absolute Gasteiger partial charge is 0.359 e. The Bertz CT molecular complexity index is 392. The van der Waals surface area contributed by atoms with E-state index >= 15 is 0 Å². The number of hydrogen-bond acceptors (Lipinski definition) is 3. The SMILES string of the molecule is COCO[C@]1(C)CC[C@H]2C(C)(C)CCC[C@]2(C)[C@H]1CCC=O. The molecule has 0 bridgehead atoms. The maximum atomic E-state index is 11.0. The maximum absolute atomic E-state index is 11.0. The van der Waals surface area contributed by atoms with E-state index < -0.39 is 0 Å². The molecule has 0 aromatic carbocycles. The summed E-state index contributed by atoms with van der Waals surface area (Å²) in [6, 6.07) is 0. The number of ether oxygens (including phenoxy) is 2. The Morgan fingerprint density at radius 2 is 1.86 bits per heavy atom. The highest BCUT2D eigenvalue weighted by atomic mass is 16.7. The molecule has 0 saturated heterocycles. The van der Waals surface area contributed by atoms with Crippen LogP contribution in [0.3, 0.4) is 0 Å². The predicted molar refractivity (Wildman–Crippen MR) is 88.6 cm³/mol. The van der Waals surface area contributed by atoms with Gasteiger partial charge in [-0.05, 0) is 61.7 Å². The van der Waals surface area contributed by atoms with Crippen molar-refractivity contribution in [3.8, 4) is 0 Å². The van der Waals surface area contributed by atoms with Crippen molar-refractivity contribution < 1.29 is 14.3 Å². The summed E-state index contributed by atoms with van der Waals surface area (Å²) >= 11 is 0. The highest BCUT2D eigenvalue weighted by Crippen LogP contribution is 2.63. The number of aldehydes is 1. The third-order valence-corrected chi connectivity index (χ3v) is 6.82. The van der Waals surface area contributed by atoms with Crippen LogP contribution >= 0.6 is 0 Å². The molecule has 0 radical (unpaired) electrons. The van der Waals surface area contributed by atoms with Crippen molar-refractivity contribution >= 4 is 6.29 Å². The van der Waals surface area contributed by atoms with Gasteiger partial charge in [-0.1, -0.05) is 27.2 Å². The summed E-state index contributed by atoms with van der Waals surface area (Å²) in [5.41, 5.74) is 0.498. The zero-order valence-electron chi connectivity index (χ0n) is 15.1. The first-order valence-electron chi connectivity index (χ1n) is 8.87. The predicted octanol–water partition coefficient (Wildman–Crippen LogP) is 4.59. The van der Waals surface area contributed by atoms with Crippen molar-refractivity contribution in [3.63, 3.8) is 0 Å². The molecule has 2 saturated carbocycles. The monoisotopic (exact) mass is 310 g/mol. The molecule has 0 aromatic heterocycles. The first-order valence-corrected chi connectivity index (χ1v) is 8.87. The lowest BCUT2D eigenvalue weighted by Crippen LogP contribution is -2.58. The molecule has 4 atom stereocenters. The van der Waals surface area contributed by atoms with Crippen LogP contribution in [-0.2, 0) is 14.3 Å². The van der Waals surface area contributed by atoms with E-state index in [9.17, 15) is 4.79 Å². The summed E-state index contributed by atoms with van der Waals surface area (Å²) in [7, 11) is 1.68. The van der Waals surface area contributed by atoms with Gasteiger partial charge in [0.1, 0.15) is 13.1 Å². The third kappa shape index (κ3) is 3.12. The second-order valence-corrected chi connectivity index (χ2v) is 8.60. The minimum atomic E-state index is -0.169. The molecule has 2 rings (SSSR count). The average molecular weight is 310 g/mol. The Labute approximate surface area is 136 Å². The molecular weight excluding hydrogens is 276 g/mol. The van der Waals surface area contributed by atoms with Gasteiger partial charge in [-0.2, -0.15) is 0 Å². The van der Waals surface area contributed by atoms with Gasteiger partial charge in [0, 0.05) is 13.5 Å². The first-order chi connectivity index (χ1) is 10.3. The zero-order chi connectivity index (χ0) is 16.4. The Balaban J connectivity index is 2.32. The van der Waals surface area contributed by atoms with Crippen molar-refractivity contribution in [2.75, 3.05) is 13.9 Å². The Hall–Kier alpha value is -0.410. The summed E-state index contributed by atoms with van der Waals surface area (Å²) in [4.78, 5) is 11.0. The molecule has 2 fully saturated rings. The van der Waals surface area contributed by atoms with E-state index in [2.05, 4.69) is 27.7 Å². The van der Waals surface area contributed by atoms with E-state index in [1.165, 1.54) is 25.7 Å². The van der Waals surface area contributed by atoms with Crippen LogP contribution in [0.4, 0.5) is 0 Å². The summed E-state index contributed by atoms with van der Waals surface area (Å²) in [6.07, 6.45) is 8.81. The molecule has 0 unspecified atom stereocenters. The smallest absolute Gasteiger partial charge is 0.147 e. The standard InChI is InChI=1S/C19H34O3/c1-17(2)10-7-11-18(3)15(17)9-12-19(4,22-14-21-5)16(18)8-6-13-20/h13,15-16H,6-12,14H2,1-5H3/t15-,16+,18-,19+/m0/s1. The van der Waals surface area contributed by atoms with Crippen molar-refractivity contribution in [1.82, 2.24) is 0 Å². The van der Waals surface area contributed by atoms with Gasteiger partial charge in [-0.3, -0.25) is 0 Å². The van der Waals surface area contributed by atoms with Crippen LogP contribution in [0.2, 0.25) is 0 Å². The van der Waals surface area contributed by atoms with Gasteiger partial charge in [0.25, 0.3) is 0 Å². The Morgan fingerprint density at radius 1 is 1.14 bits per heavy atom. The lowest BCUT2D eigenvalue weighted by atomic mass is 9.45. The fourth-order valence-corrected chi connectivity index (χ4v) is 5.84. The molecule has 3 nitrogen and oxygen atoms in total. The second kappa shape index (κ2) is 6.60. The summed E-state index contributed by atoms with van der Waals surface area (Å²) < 4.78 is 11.4. The summed E-state index contributed by atoms with van der Waals surface area (Å²) in [6.45, 7) is 9.92. The van der Waals surface area contributed by atoms with Crippen LogP contribution in [0.25, 0.3) is 0 Å². The topological polar surface area (TPSA) is 35.5 Å². The van der Waals surface area contributed by atoms with Crippen LogP contribution in [0.5, 0.6) is 0 Å². The molecule has 2 aliphatic carbocycles. The van der Waals surface area contributed by atoms with E-state index in [-0.39, 0.29) is 11.0 Å². The van der Waals surface area contributed by atoms with Crippen LogP contribution in [0.15, 0.2) is 0 Å². The molecular formula is C19H34O3. The maximum Gasteiger partial charge on any atom is 0.147 e. The molecule has 2 aliphatic rings. The number of carbonyl (C=O) groups is 1. The fourth-order valence-electron chi connectivity index (χ4n) is 5.84. The van der Waals surface area contributed by atoms with Gasteiger partial charge in [-0.15, -0.1) is 0 Å². The Kier molecular flexibility index (Phi) is 5.38. The molecule has 3 heteroatoms. The number of carbonyl (C=O) groups excluding carboxylic acids is 1. The van der Waals surface area contributed by atoms with Crippen molar-refractivity contribution in [3.05, 3.63) is 0 Å². The molecule has 22 heavy (non-hydrogen) atoms. The van der Waals surface area contributed by atoms with Gasteiger partial charge in [-0.25, -0.2) is 0 Å². The van der Waals surface area contributed by atoms with Gasteiger partial charge in [0.2, 0.25) is 0 Å². The second-order valence-electron chi connectivity index (χ2n) is 8.60. The van der Waals surface area contributed by atoms with Gasteiger partial charge in [0.05, 0.1) is 5.60 Å². The summed E-state index contributed by atoms with van der Waals surface area (Å²) in [5.74, 6) is 1.16. The van der Waals surface area contributed by atoms with Crippen LogP contribution in [0, 0.1) is 22.7 Å². The van der Waals surface area contributed by atoms with Crippen LogP contribution in [-0.4, -0.2) is 25.8 Å². The van der Waals surface area contributed by atoms with E-state index in [0.29, 0.717) is 24.5 Å². The third-order valence-electron chi connectivity index (χ3n) is 6.82. The zero-order valence-corrected chi connectivity index (χ0v) is 15.1. The van der Waals surface area contributed by atoms with Crippen LogP contribution in [0.1, 0.15) is 72.6 Å². The lowest BCUT2D eigenvalue weighted by molar-refractivity contribution is -0.221. The first kappa shape index (κ1) is 17.9. The number of hydrogen-bond donors (Lipinski definition) is 0. The minimum Gasteiger partial charge on any atom is -0.359 e. The Morgan fingerprint density at radius 3 is 2.50 bits per heavy atom. The highest BCUT2D eigenvalue weighted by molar-refractivity contribution is 5.49. The molecule has 0 aromatic rings. The molecule has 0 aliphatic heterocycles. The number of rotatable bonds is 6. The minimum absolute atomic E-state index is 0.169. The highest BCUT2D eigenvalue weighted by Gasteiger charge is 2.58. The van der Waals surface area contributed by atoms with E-state index in [1.807, 2.05) is 0 Å². The molecule has 128 valence electrons.